The van der Waals surface area contributed by atoms with Crippen molar-refractivity contribution in [2.24, 2.45) is 5.73 Å². The second kappa shape index (κ2) is 8.28. The number of amides is 1. The predicted octanol–water partition coefficient (Wildman–Crippen LogP) is 4.53. The van der Waals surface area contributed by atoms with E-state index in [-0.39, 0.29) is 5.41 Å². The van der Waals surface area contributed by atoms with Crippen molar-refractivity contribution in [1.29, 1.82) is 0 Å². The molecule has 0 aliphatic heterocycles. The highest BCUT2D eigenvalue weighted by molar-refractivity contribution is 5.92. The Bertz CT molecular complexity index is 1030. The van der Waals surface area contributed by atoms with Gasteiger partial charge in [0, 0.05) is 18.3 Å². The standard InChI is InChI=1S/C25H27N3O2/c1-25(2)15-22(27-13-12-17-6-4-3-5-7-17)20-10-9-19(14-21(20)25)30-23-11-8-18(16-28-23)24(26)29/h3-11,14,16,22,27H,12-13,15H2,1-2H3,(H2,26,29). The van der Waals surface area contributed by atoms with E-state index < -0.39 is 5.91 Å². The Labute approximate surface area is 177 Å². The van der Waals surface area contributed by atoms with Crippen LogP contribution in [0.1, 0.15) is 53.4 Å². The lowest BCUT2D eigenvalue weighted by molar-refractivity contribution is 0.1000. The molecule has 1 aliphatic carbocycles. The lowest BCUT2D eigenvalue weighted by Gasteiger charge is -2.20. The average molecular weight is 402 g/mol. The van der Waals surface area contributed by atoms with Gasteiger partial charge in [0.15, 0.2) is 0 Å². The molecule has 5 heteroatoms. The Kier molecular flexibility index (Phi) is 5.55. The van der Waals surface area contributed by atoms with Crippen LogP contribution in [0, 0.1) is 0 Å². The number of nitrogens with one attached hydrogen (secondary N) is 1. The zero-order valence-corrected chi connectivity index (χ0v) is 17.4. The third kappa shape index (κ3) is 4.36. The first kappa shape index (κ1) is 20.1. The maximum absolute atomic E-state index is 11.2. The van der Waals surface area contributed by atoms with Crippen LogP contribution in [0.4, 0.5) is 0 Å². The van der Waals surface area contributed by atoms with Gasteiger partial charge in [-0.2, -0.15) is 0 Å². The molecule has 1 amide bonds. The van der Waals surface area contributed by atoms with Gasteiger partial charge in [0.25, 0.3) is 0 Å². The number of fused-ring (bicyclic) bond motifs is 1. The van der Waals surface area contributed by atoms with Crippen molar-refractivity contribution in [3.63, 3.8) is 0 Å². The first-order chi connectivity index (χ1) is 14.4. The summed E-state index contributed by atoms with van der Waals surface area (Å²) < 4.78 is 5.92. The van der Waals surface area contributed by atoms with E-state index in [1.807, 2.05) is 12.1 Å². The van der Waals surface area contributed by atoms with Crippen molar-refractivity contribution in [2.45, 2.75) is 38.1 Å². The molecule has 0 radical (unpaired) electrons. The fourth-order valence-electron chi connectivity index (χ4n) is 4.14. The average Bonchev–Trinajstić information content (AvgIpc) is 2.99. The van der Waals surface area contributed by atoms with E-state index in [1.165, 1.54) is 22.9 Å². The molecule has 5 nitrogen and oxygen atoms in total. The van der Waals surface area contributed by atoms with Crippen molar-refractivity contribution >= 4 is 5.91 Å². The van der Waals surface area contributed by atoms with Crippen LogP contribution in [0.25, 0.3) is 0 Å². The van der Waals surface area contributed by atoms with Crippen LogP contribution in [0.2, 0.25) is 0 Å². The molecule has 0 spiro atoms. The van der Waals surface area contributed by atoms with Gasteiger partial charge in [0.1, 0.15) is 5.75 Å². The van der Waals surface area contributed by atoms with Crippen LogP contribution in [-0.2, 0) is 11.8 Å². The van der Waals surface area contributed by atoms with E-state index in [0.29, 0.717) is 17.5 Å². The molecule has 1 unspecified atom stereocenters. The number of ether oxygens (including phenoxy) is 1. The third-order valence-corrected chi connectivity index (χ3v) is 5.73. The Morgan fingerprint density at radius 1 is 1.17 bits per heavy atom. The summed E-state index contributed by atoms with van der Waals surface area (Å²) in [5.41, 5.74) is 9.66. The summed E-state index contributed by atoms with van der Waals surface area (Å²) in [6.45, 7) is 5.49. The number of benzene rings is 2. The largest absolute Gasteiger partial charge is 0.439 e. The minimum Gasteiger partial charge on any atom is -0.439 e. The maximum atomic E-state index is 11.2. The molecule has 0 saturated heterocycles. The summed E-state index contributed by atoms with van der Waals surface area (Å²) in [6.07, 6.45) is 3.50. The van der Waals surface area contributed by atoms with Crippen molar-refractivity contribution in [3.05, 3.63) is 89.1 Å². The number of hydrogen-bond donors (Lipinski definition) is 2. The summed E-state index contributed by atoms with van der Waals surface area (Å²) in [4.78, 5) is 15.4. The number of nitrogens with zero attached hydrogens (tertiary/aromatic N) is 1. The van der Waals surface area contributed by atoms with Crippen LogP contribution >= 0.6 is 0 Å². The molecule has 2 aromatic carbocycles. The molecule has 4 rings (SSSR count). The lowest BCUT2D eigenvalue weighted by Crippen LogP contribution is -2.23. The lowest BCUT2D eigenvalue weighted by atomic mass is 9.86. The molecule has 0 fully saturated rings. The van der Waals surface area contributed by atoms with Gasteiger partial charge in [-0.25, -0.2) is 4.98 Å². The Balaban J connectivity index is 1.46. The fraction of sp³-hybridized carbons (Fsp3) is 0.280. The molecule has 1 atom stereocenters. The zero-order valence-electron chi connectivity index (χ0n) is 17.4. The highest BCUT2D eigenvalue weighted by Gasteiger charge is 2.36. The highest BCUT2D eigenvalue weighted by Crippen LogP contribution is 2.46. The number of carbonyl (C=O) groups excluding carboxylic acids is 1. The molecule has 3 N–H and O–H groups in total. The van der Waals surface area contributed by atoms with Gasteiger partial charge in [0.2, 0.25) is 11.8 Å². The second-order valence-electron chi connectivity index (χ2n) is 8.43. The number of carbonyl (C=O) groups is 1. The molecule has 0 bridgehead atoms. The Hall–Kier alpha value is -3.18. The minimum atomic E-state index is -0.501. The predicted molar refractivity (Wildman–Crippen MR) is 118 cm³/mol. The molecular weight excluding hydrogens is 374 g/mol. The van der Waals surface area contributed by atoms with E-state index in [1.54, 1.807) is 12.1 Å². The van der Waals surface area contributed by atoms with E-state index in [9.17, 15) is 4.79 Å². The third-order valence-electron chi connectivity index (χ3n) is 5.73. The molecule has 1 heterocycles. The van der Waals surface area contributed by atoms with Crippen LogP contribution in [0.15, 0.2) is 66.9 Å². The van der Waals surface area contributed by atoms with Gasteiger partial charge in [-0.1, -0.05) is 50.2 Å². The quantitative estimate of drug-likeness (QED) is 0.610. The monoisotopic (exact) mass is 401 g/mol. The molecule has 3 aromatic rings. The number of pyridine rings is 1. The van der Waals surface area contributed by atoms with Crippen LogP contribution in [0.5, 0.6) is 11.6 Å². The molecule has 0 saturated carbocycles. The minimum absolute atomic E-state index is 0.0579. The molecule has 154 valence electrons. The Morgan fingerprint density at radius 3 is 2.67 bits per heavy atom. The first-order valence-corrected chi connectivity index (χ1v) is 10.3. The number of rotatable bonds is 7. The summed E-state index contributed by atoms with van der Waals surface area (Å²) in [7, 11) is 0. The SMILES string of the molecule is CC1(C)CC(NCCc2ccccc2)c2ccc(Oc3ccc(C(N)=O)cn3)cc21. The van der Waals surface area contributed by atoms with Gasteiger partial charge in [-0.05, 0) is 59.7 Å². The van der Waals surface area contributed by atoms with Crippen molar-refractivity contribution < 1.29 is 9.53 Å². The van der Waals surface area contributed by atoms with Crippen LogP contribution in [-0.4, -0.2) is 17.4 Å². The maximum Gasteiger partial charge on any atom is 0.250 e. The molecular formula is C25H27N3O2. The highest BCUT2D eigenvalue weighted by atomic mass is 16.5. The van der Waals surface area contributed by atoms with E-state index in [2.05, 4.69) is 60.5 Å². The van der Waals surface area contributed by atoms with E-state index in [0.717, 1.165) is 25.1 Å². The molecule has 30 heavy (non-hydrogen) atoms. The van der Waals surface area contributed by atoms with E-state index in [4.69, 9.17) is 10.5 Å². The van der Waals surface area contributed by atoms with Gasteiger partial charge in [0.05, 0.1) is 5.56 Å². The second-order valence-corrected chi connectivity index (χ2v) is 8.43. The fourth-order valence-corrected chi connectivity index (χ4v) is 4.14. The summed E-state index contributed by atoms with van der Waals surface area (Å²) >= 11 is 0. The van der Waals surface area contributed by atoms with Gasteiger partial charge >= 0.3 is 0 Å². The van der Waals surface area contributed by atoms with Crippen molar-refractivity contribution in [1.82, 2.24) is 10.3 Å². The number of primary amides is 1. The summed E-state index contributed by atoms with van der Waals surface area (Å²) in [5.74, 6) is 0.679. The molecule has 1 aliphatic rings. The van der Waals surface area contributed by atoms with Crippen LogP contribution in [0.3, 0.4) is 0 Å². The number of hydrogen-bond acceptors (Lipinski definition) is 4. The van der Waals surface area contributed by atoms with E-state index >= 15 is 0 Å². The van der Waals surface area contributed by atoms with Crippen LogP contribution < -0.4 is 15.8 Å². The Morgan fingerprint density at radius 2 is 1.97 bits per heavy atom. The summed E-state index contributed by atoms with van der Waals surface area (Å²) in [6, 6.07) is 20.4. The van der Waals surface area contributed by atoms with Crippen molar-refractivity contribution in [3.8, 4) is 11.6 Å². The zero-order chi connectivity index (χ0) is 21.1. The first-order valence-electron chi connectivity index (χ1n) is 10.3. The number of aromatic nitrogens is 1. The smallest absolute Gasteiger partial charge is 0.250 e. The van der Waals surface area contributed by atoms with Crippen molar-refractivity contribution in [2.75, 3.05) is 6.54 Å². The topological polar surface area (TPSA) is 77.2 Å². The van der Waals surface area contributed by atoms with Gasteiger partial charge in [-0.3, -0.25) is 4.79 Å². The molecule has 1 aromatic heterocycles. The van der Waals surface area contributed by atoms with Gasteiger partial charge < -0.3 is 15.8 Å². The normalized spacial score (nSPS) is 16.8. The van der Waals surface area contributed by atoms with Gasteiger partial charge in [-0.15, -0.1) is 0 Å². The summed E-state index contributed by atoms with van der Waals surface area (Å²) in [5, 5.41) is 3.73. The number of nitrogens with two attached hydrogens (primary N) is 1.